The number of aromatic nitrogens is 7. The molecule has 5 heterocycles. The monoisotopic (exact) mass is 443 g/mol. The molecule has 0 unspecified atom stereocenters. The molecule has 166 valence electrons. The van der Waals surface area contributed by atoms with Gasteiger partial charge in [-0.15, -0.1) is 0 Å². The molecule has 10 heteroatoms. The van der Waals surface area contributed by atoms with E-state index in [9.17, 15) is 4.79 Å². The summed E-state index contributed by atoms with van der Waals surface area (Å²) in [5, 5.41) is 0. The maximum atomic E-state index is 12.6. The van der Waals surface area contributed by atoms with Gasteiger partial charge in [0.1, 0.15) is 29.2 Å². The first-order valence-electron chi connectivity index (χ1n) is 10.8. The summed E-state index contributed by atoms with van der Waals surface area (Å²) in [6, 6.07) is 5.70. The number of hydrogen-bond donors (Lipinski definition) is 0. The van der Waals surface area contributed by atoms with Crippen LogP contribution in [-0.2, 0) is 11.8 Å². The van der Waals surface area contributed by atoms with Gasteiger partial charge in [-0.25, -0.2) is 29.7 Å². The number of hydrogen-bond acceptors (Lipinski definition) is 8. The first kappa shape index (κ1) is 19.7. The van der Waals surface area contributed by atoms with E-state index in [0.717, 1.165) is 29.5 Å². The summed E-state index contributed by atoms with van der Waals surface area (Å²) in [6.45, 7) is 3.11. The van der Waals surface area contributed by atoms with Crippen molar-refractivity contribution in [3.63, 3.8) is 0 Å². The van der Waals surface area contributed by atoms with E-state index < -0.39 is 0 Å². The maximum absolute atomic E-state index is 12.6. The number of benzene rings is 1. The van der Waals surface area contributed by atoms with E-state index in [1.165, 1.54) is 6.33 Å². The molecule has 0 spiro atoms. The molecule has 0 N–H and O–H groups in total. The van der Waals surface area contributed by atoms with Crippen molar-refractivity contribution in [3.05, 3.63) is 53.3 Å². The molecule has 0 bridgehead atoms. The number of nitrogens with zero attached hydrogens (tertiary/aromatic N) is 7. The van der Waals surface area contributed by atoms with Gasteiger partial charge in [0.2, 0.25) is 0 Å². The molecule has 5 aromatic rings. The van der Waals surface area contributed by atoms with Gasteiger partial charge < -0.3 is 13.7 Å². The third-order valence-electron chi connectivity index (χ3n) is 6.14. The van der Waals surface area contributed by atoms with Crippen molar-refractivity contribution in [1.29, 1.82) is 0 Å². The normalized spacial score (nSPS) is 15.0. The van der Waals surface area contributed by atoms with Crippen molar-refractivity contribution in [3.8, 4) is 22.6 Å². The van der Waals surface area contributed by atoms with E-state index in [1.807, 2.05) is 36.7 Å². The molecule has 0 radical (unpaired) electrons. The third-order valence-corrected chi connectivity index (χ3v) is 6.14. The summed E-state index contributed by atoms with van der Waals surface area (Å²) in [7, 11) is 1.91. The Morgan fingerprint density at radius 3 is 2.61 bits per heavy atom. The van der Waals surface area contributed by atoms with E-state index in [4.69, 9.17) is 14.1 Å². The zero-order valence-electron chi connectivity index (χ0n) is 18.2. The largest absolute Gasteiger partial charge is 0.420 e. The van der Waals surface area contributed by atoms with Crippen LogP contribution in [0.15, 0.2) is 46.1 Å². The van der Waals surface area contributed by atoms with Crippen LogP contribution >= 0.6 is 0 Å². The number of rotatable bonds is 3. The number of fused-ring (bicyclic) bond motifs is 2. The Bertz CT molecular complexity index is 1540. The first-order valence-corrected chi connectivity index (χ1v) is 10.8. The van der Waals surface area contributed by atoms with Crippen LogP contribution in [0.1, 0.15) is 24.7 Å². The molecule has 33 heavy (non-hydrogen) atoms. The molecular weight excluding hydrogens is 422 g/mol. The molecule has 1 aromatic carbocycles. The van der Waals surface area contributed by atoms with Gasteiger partial charge in [-0.2, -0.15) is 0 Å². The van der Waals surface area contributed by atoms with Gasteiger partial charge in [0.15, 0.2) is 11.2 Å². The minimum absolute atomic E-state index is 0.0520. The highest BCUT2D eigenvalue weighted by molar-refractivity contribution is 5.92. The van der Waals surface area contributed by atoms with Crippen molar-refractivity contribution >= 4 is 22.3 Å². The van der Waals surface area contributed by atoms with Gasteiger partial charge in [-0.3, -0.25) is 4.57 Å². The molecule has 6 rings (SSSR count). The highest BCUT2D eigenvalue weighted by Gasteiger charge is 2.23. The highest BCUT2D eigenvalue weighted by Crippen LogP contribution is 2.32. The van der Waals surface area contributed by atoms with E-state index in [1.54, 1.807) is 17.0 Å². The highest BCUT2D eigenvalue weighted by atomic mass is 16.5. The van der Waals surface area contributed by atoms with Crippen LogP contribution in [0, 0.1) is 6.92 Å². The predicted octanol–water partition coefficient (Wildman–Crippen LogP) is 3.06. The van der Waals surface area contributed by atoms with Crippen LogP contribution in [0.4, 0.5) is 0 Å². The SMILES string of the molecule is Cc1ncc(-c2nc3c(-c4ccc5oc(=O)n(C6CCOCC6)c5c4)ncnc3n2C)cn1. The van der Waals surface area contributed by atoms with Crippen molar-refractivity contribution < 1.29 is 9.15 Å². The quantitative estimate of drug-likeness (QED) is 0.418. The van der Waals surface area contributed by atoms with Gasteiger partial charge in [0.25, 0.3) is 0 Å². The Labute approximate surface area is 187 Å². The van der Waals surface area contributed by atoms with Crippen LogP contribution in [0.5, 0.6) is 0 Å². The average Bonchev–Trinajstić information content (AvgIpc) is 3.35. The molecule has 4 aromatic heterocycles. The number of imidazole rings is 1. The lowest BCUT2D eigenvalue weighted by atomic mass is 10.1. The van der Waals surface area contributed by atoms with Crippen LogP contribution in [0.3, 0.4) is 0 Å². The summed E-state index contributed by atoms with van der Waals surface area (Å²) in [5.74, 6) is 1.05. The number of oxazole rings is 1. The smallest absolute Gasteiger partial charge is 0.408 e. The fraction of sp³-hybridized carbons (Fsp3) is 0.304. The summed E-state index contributed by atoms with van der Waals surface area (Å²) < 4.78 is 14.6. The molecule has 1 saturated heterocycles. The van der Waals surface area contributed by atoms with Crippen molar-refractivity contribution in [2.45, 2.75) is 25.8 Å². The Morgan fingerprint density at radius 1 is 1.03 bits per heavy atom. The molecule has 1 aliphatic rings. The van der Waals surface area contributed by atoms with Gasteiger partial charge >= 0.3 is 5.76 Å². The topological polar surface area (TPSA) is 114 Å². The standard InChI is InChI=1S/C23H21N7O3/c1-13-24-10-15(11-25-13)21-28-20-19(26-12-27-22(20)29(21)2)14-3-4-18-17(9-14)30(23(31)33-18)16-5-7-32-8-6-16/h3-4,9-12,16H,5-8H2,1-2H3. The van der Waals surface area contributed by atoms with Crippen molar-refractivity contribution in [2.75, 3.05) is 13.2 Å². The molecule has 1 aliphatic heterocycles. The van der Waals surface area contributed by atoms with Gasteiger partial charge in [-0.05, 0) is 38.0 Å². The lowest BCUT2D eigenvalue weighted by Crippen LogP contribution is -2.26. The van der Waals surface area contributed by atoms with E-state index in [0.29, 0.717) is 47.3 Å². The molecule has 0 atom stereocenters. The Kier molecular flexibility index (Phi) is 4.54. The van der Waals surface area contributed by atoms with Crippen molar-refractivity contribution in [2.24, 2.45) is 7.05 Å². The van der Waals surface area contributed by atoms with Gasteiger partial charge in [0, 0.05) is 44.3 Å². The summed E-state index contributed by atoms with van der Waals surface area (Å²) in [5.41, 5.74) is 4.98. The summed E-state index contributed by atoms with van der Waals surface area (Å²) in [6.07, 6.45) is 6.58. The molecule has 1 fully saturated rings. The summed E-state index contributed by atoms with van der Waals surface area (Å²) in [4.78, 5) is 35.0. The van der Waals surface area contributed by atoms with E-state index in [2.05, 4.69) is 19.9 Å². The Hall–Kier alpha value is -3.92. The second-order valence-electron chi connectivity index (χ2n) is 8.17. The average molecular weight is 443 g/mol. The van der Waals surface area contributed by atoms with E-state index >= 15 is 0 Å². The Morgan fingerprint density at radius 2 is 1.82 bits per heavy atom. The van der Waals surface area contributed by atoms with Gasteiger partial charge in [-0.1, -0.05) is 0 Å². The molecule has 0 aliphatic carbocycles. The molecular formula is C23H21N7O3. The van der Waals surface area contributed by atoms with Crippen LogP contribution < -0.4 is 5.76 Å². The second kappa shape index (κ2) is 7.59. The zero-order valence-corrected chi connectivity index (χ0v) is 18.2. The van der Waals surface area contributed by atoms with Crippen LogP contribution in [0.2, 0.25) is 0 Å². The third kappa shape index (κ3) is 3.21. The fourth-order valence-corrected chi connectivity index (χ4v) is 4.45. The van der Waals surface area contributed by atoms with Crippen LogP contribution in [0.25, 0.3) is 44.9 Å². The minimum atomic E-state index is -0.346. The lowest BCUT2D eigenvalue weighted by molar-refractivity contribution is 0.0688. The number of ether oxygens (including phenoxy) is 1. The maximum Gasteiger partial charge on any atom is 0.420 e. The molecule has 0 amide bonds. The molecule has 10 nitrogen and oxygen atoms in total. The second-order valence-corrected chi connectivity index (χ2v) is 8.17. The number of aryl methyl sites for hydroxylation is 2. The Balaban J connectivity index is 1.51. The first-order chi connectivity index (χ1) is 16.1. The van der Waals surface area contributed by atoms with E-state index in [-0.39, 0.29) is 11.8 Å². The molecule has 0 saturated carbocycles. The van der Waals surface area contributed by atoms with Gasteiger partial charge in [0.05, 0.1) is 11.1 Å². The lowest BCUT2D eigenvalue weighted by Gasteiger charge is -2.22. The van der Waals surface area contributed by atoms with Crippen LogP contribution in [-0.4, -0.2) is 47.3 Å². The minimum Gasteiger partial charge on any atom is -0.408 e. The zero-order chi connectivity index (χ0) is 22.5. The fourth-order valence-electron chi connectivity index (χ4n) is 4.45. The van der Waals surface area contributed by atoms with Crippen molar-refractivity contribution in [1.82, 2.24) is 34.1 Å². The predicted molar refractivity (Wildman–Crippen MR) is 121 cm³/mol. The summed E-state index contributed by atoms with van der Waals surface area (Å²) >= 11 is 0.